The Balaban J connectivity index is 2.04. The van der Waals surface area contributed by atoms with Crippen molar-refractivity contribution < 1.29 is 0 Å². The molecule has 1 aliphatic rings. The van der Waals surface area contributed by atoms with Crippen molar-refractivity contribution in [3.63, 3.8) is 0 Å². The van der Waals surface area contributed by atoms with Crippen LogP contribution in [-0.2, 0) is 0 Å². The van der Waals surface area contributed by atoms with E-state index in [0.717, 1.165) is 15.0 Å². The van der Waals surface area contributed by atoms with Gasteiger partial charge in [0, 0.05) is 0 Å². The Labute approximate surface area is 51.8 Å². The van der Waals surface area contributed by atoms with E-state index in [9.17, 15) is 0 Å². The van der Waals surface area contributed by atoms with Gasteiger partial charge >= 0.3 is 51.3 Å². The van der Waals surface area contributed by atoms with Crippen LogP contribution >= 0.6 is 0 Å². The summed E-state index contributed by atoms with van der Waals surface area (Å²) in [6.45, 7) is 0. The van der Waals surface area contributed by atoms with Gasteiger partial charge in [0.05, 0.1) is 0 Å². The molecule has 0 atom stereocenters. The molecule has 0 aromatic rings. The predicted molar refractivity (Wildman–Crippen MR) is 33.8 cm³/mol. The van der Waals surface area contributed by atoms with E-state index in [0.29, 0.717) is 0 Å². The Bertz CT molecular complexity index is 23.8. The van der Waals surface area contributed by atoms with E-state index in [4.69, 9.17) is 0 Å². The van der Waals surface area contributed by atoms with E-state index in [-0.39, 0.29) is 0 Å². The second-order valence-electron chi connectivity index (χ2n) is 2.03. The predicted octanol–water partition coefficient (Wildman–Crippen LogP) is 2.10. The molecule has 7 heavy (non-hydrogen) atoms. The summed E-state index contributed by atoms with van der Waals surface area (Å²) in [7, 11) is 0. The Morgan fingerprint density at radius 1 is 0.714 bits per heavy atom. The Hall–Kier alpha value is 0.519. The molecule has 1 heterocycles. The average Bonchev–Trinajstić information content (AvgIpc) is 1.90. The Morgan fingerprint density at radius 2 is 1.29 bits per heavy atom. The fourth-order valence-corrected chi connectivity index (χ4v) is 3.01. The van der Waals surface area contributed by atoms with Gasteiger partial charge in [0.1, 0.15) is 0 Å². The van der Waals surface area contributed by atoms with Crippen LogP contribution in [-0.4, -0.2) is 15.0 Å². The first-order chi connectivity index (χ1) is 3.50. The Kier molecular flexibility index (Phi) is 2.84. The minimum atomic E-state index is 1.04. The average molecular weight is 163 g/mol. The molecule has 1 saturated heterocycles. The first-order valence-corrected chi connectivity index (χ1v) is 5.50. The topological polar surface area (TPSA) is 0 Å². The molecule has 0 spiro atoms. The van der Waals surface area contributed by atoms with Gasteiger partial charge in [-0.2, -0.15) is 0 Å². The molecule has 0 aromatic heterocycles. The number of hydrogen-bond acceptors (Lipinski definition) is 0. The van der Waals surface area contributed by atoms with Crippen LogP contribution in [0.1, 0.15) is 25.7 Å². The van der Waals surface area contributed by atoms with Gasteiger partial charge in [-0.05, 0) is 0 Å². The zero-order valence-electron chi connectivity index (χ0n) is 4.65. The monoisotopic (exact) mass is 164 g/mol. The van der Waals surface area contributed by atoms with E-state index in [2.05, 4.69) is 0 Å². The number of rotatable bonds is 0. The normalized spacial score (nSPS) is 24.0. The molecule has 1 fully saturated rings. The molecule has 0 aliphatic carbocycles. The maximum atomic E-state index is 1.56. The van der Waals surface area contributed by atoms with Crippen LogP contribution in [0, 0.1) is 0 Å². The van der Waals surface area contributed by atoms with E-state index >= 15 is 0 Å². The van der Waals surface area contributed by atoms with Crippen LogP contribution in [0.2, 0.25) is 10.6 Å². The summed E-state index contributed by atoms with van der Waals surface area (Å²) in [4.78, 5) is 0. The van der Waals surface area contributed by atoms with E-state index in [1.54, 1.807) is 10.6 Å². The van der Waals surface area contributed by atoms with Gasteiger partial charge < -0.3 is 0 Å². The molecule has 1 heteroatoms. The summed E-state index contributed by atoms with van der Waals surface area (Å²) >= 11 is 1.04. The summed E-state index contributed by atoms with van der Waals surface area (Å²) in [6, 6.07) is 0. The molecular weight excluding hydrogens is 151 g/mol. The van der Waals surface area contributed by atoms with Crippen molar-refractivity contribution in [2.75, 3.05) is 0 Å². The van der Waals surface area contributed by atoms with Crippen LogP contribution in [0.25, 0.3) is 0 Å². The molecule has 0 unspecified atom stereocenters. The van der Waals surface area contributed by atoms with Crippen LogP contribution in [0.3, 0.4) is 0 Å². The molecule has 0 aromatic carbocycles. The quantitative estimate of drug-likeness (QED) is 0.480. The van der Waals surface area contributed by atoms with E-state index < -0.39 is 0 Å². The first kappa shape index (κ1) is 5.65. The van der Waals surface area contributed by atoms with Gasteiger partial charge in [-0.3, -0.25) is 0 Å². The van der Waals surface area contributed by atoms with Gasteiger partial charge in [-0.15, -0.1) is 0 Å². The molecule has 1 rings (SSSR count). The molecule has 1 aliphatic heterocycles. The van der Waals surface area contributed by atoms with Crippen molar-refractivity contribution in [3.05, 3.63) is 0 Å². The third-order valence-corrected chi connectivity index (χ3v) is 3.75. The van der Waals surface area contributed by atoms with Gasteiger partial charge in [-0.25, -0.2) is 0 Å². The summed E-state index contributed by atoms with van der Waals surface area (Å²) in [5.41, 5.74) is 0. The van der Waals surface area contributed by atoms with Crippen molar-refractivity contribution in [1.82, 2.24) is 0 Å². The second kappa shape index (κ2) is 3.51. The minimum absolute atomic E-state index is 1.04. The maximum absolute atomic E-state index is 1.56. The molecule has 0 radical (unpaired) electrons. The fourth-order valence-electron chi connectivity index (χ4n) is 0.864. The summed E-state index contributed by atoms with van der Waals surface area (Å²) < 4.78 is 0. The summed E-state index contributed by atoms with van der Waals surface area (Å²) in [6.07, 6.45) is 6.09. The van der Waals surface area contributed by atoms with E-state index in [1.165, 1.54) is 25.7 Å². The third kappa shape index (κ3) is 2.36. The van der Waals surface area contributed by atoms with Gasteiger partial charge in [0.25, 0.3) is 0 Å². The first-order valence-electron chi connectivity index (χ1n) is 3.08. The Morgan fingerprint density at radius 3 is 1.86 bits per heavy atom. The second-order valence-corrected chi connectivity index (χ2v) is 4.60. The van der Waals surface area contributed by atoms with Gasteiger partial charge in [0.15, 0.2) is 0 Å². The van der Waals surface area contributed by atoms with Crippen molar-refractivity contribution in [1.29, 1.82) is 0 Å². The molecule has 0 amide bonds. The van der Waals surface area contributed by atoms with Crippen LogP contribution in [0.5, 0.6) is 0 Å². The fraction of sp³-hybridized carbons (Fsp3) is 1.00. The number of hydrogen-bond donors (Lipinski definition) is 0. The van der Waals surface area contributed by atoms with Crippen LogP contribution in [0.4, 0.5) is 0 Å². The van der Waals surface area contributed by atoms with Gasteiger partial charge in [0.2, 0.25) is 0 Å². The third-order valence-electron chi connectivity index (χ3n) is 1.33. The summed E-state index contributed by atoms with van der Waals surface area (Å²) in [5.74, 6) is 0. The molecule has 0 N–H and O–H groups in total. The molecule has 0 nitrogen and oxygen atoms in total. The SMILES string of the molecule is C1CCC[Se]CC1. The zero-order valence-corrected chi connectivity index (χ0v) is 6.36. The van der Waals surface area contributed by atoms with Crippen molar-refractivity contribution >= 4 is 15.0 Å². The van der Waals surface area contributed by atoms with Crippen molar-refractivity contribution in [3.8, 4) is 0 Å². The van der Waals surface area contributed by atoms with Crippen LogP contribution in [0.15, 0.2) is 0 Å². The molecule has 0 bridgehead atoms. The molecule has 42 valence electrons. The van der Waals surface area contributed by atoms with Crippen molar-refractivity contribution in [2.45, 2.75) is 36.3 Å². The molecular formula is C6H12Se. The summed E-state index contributed by atoms with van der Waals surface area (Å²) in [5, 5.41) is 3.12. The molecule has 0 saturated carbocycles. The van der Waals surface area contributed by atoms with Gasteiger partial charge in [-0.1, -0.05) is 0 Å². The van der Waals surface area contributed by atoms with Crippen molar-refractivity contribution in [2.24, 2.45) is 0 Å². The standard InChI is InChI=1S/C6H12Se/c1-2-4-6-7-5-3-1/h1-6H2. The van der Waals surface area contributed by atoms with Crippen LogP contribution < -0.4 is 0 Å². The van der Waals surface area contributed by atoms with E-state index in [1.807, 2.05) is 0 Å². The zero-order chi connectivity index (χ0) is 4.95.